The quantitative estimate of drug-likeness (QED) is 0.666. The van der Waals surface area contributed by atoms with E-state index in [0.717, 1.165) is 19.6 Å². The zero-order valence-electron chi connectivity index (χ0n) is 16.2. The molecule has 0 amide bonds. The summed E-state index contributed by atoms with van der Waals surface area (Å²) in [6, 6.07) is 20.6. The third-order valence-corrected chi connectivity index (χ3v) is 5.51. The molecule has 0 aliphatic carbocycles. The molecule has 3 heteroatoms. The van der Waals surface area contributed by atoms with Gasteiger partial charge < -0.3 is 10.0 Å². The molecule has 0 radical (unpaired) electrons. The minimum absolute atomic E-state index is 0.325. The van der Waals surface area contributed by atoms with E-state index < -0.39 is 5.97 Å². The van der Waals surface area contributed by atoms with Crippen molar-refractivity contribution < 1.29 is 9.90 Å². The number of hydrogen-bond acceptors (Lipinski definition) is 2. The first kappa shape index (κ1) is 20.2. The molecule has 0 saturated carbocycles. The number of aliphatic carboxylic acids is 1. The molecule has 2 aromatic carbocycles. The van der Waals surface area contributed by atoms with Gasteiger partial charge in [0.1, 0.15) is 0 Å². The minimum Gasteiger partial charge on any atom is -0.481 e. The fourth-order valence-electron chi connectivity index (χ4n) is 3.70. The first-order valence-corrected chi connectivity index (χ1v) is 9.57. The van der Waals surface area contributed by atoms with Crippen LogP contribution in [0.3, 0.4) is 0 Å². The van der Waals surface area contributed by atoms with Gasteiger partial charge in [0.2, 0.25) is 0 Å². The minimum atomic E-state index is -0.699. The Hall–Kier alpha value is -2.13. The Balaban J connectivity index is 2.31. The lowest BCUT2D eigenvalue weighted by Gasteiger charge is -2.34. The summed E-state index contributed by atoms with van der Waals surface area (Å²) in [5.41, 5.74) is 2.01. The van der Waals surface area contributed by atoms with Crippen LogP contribution in [-0.2, 0) is 10.2 Å². The summed E-state index contributed by atoms with van der Waals surface area (Å²) in [4.78, 5) is 14.3. The molecule has 3 nitrogen and oxygen atoms in total. The van der Waals surface area contributed by atoms with Gasteiger partial charge in [0, 0.05) is 5.41 Å². The summed E-state index contributed by atoms with van der Waals surface area (Å²) in [5, 5.41) is 9.87. The summed E-state index contributed by atoms with van der Waals surface area (Å²) in [7, 11) is 0. The van der Waals surface area contributed by atoms with E-state index in [9.17, 15) is 9.90 Å². The van der Waals surface area contributed by atoms with Crippen molar-refractivity contribution in [2.75, 3.05) is 19.6 Å². The van der Waals surface area contributed by atoms with Gasteiger partial charge in [-0.2, -0.15) is 0 Å². The first-order chi connectivity index (χ1) is 12.5. The van der Waals surface area contributed by atoms with Crippen molar-refractivity contribution >= 4 is 5.97 Å². The van der Waals surface area contributed by atoms with Crippen LogP contribution in [0.5, 0.6) is 0 Å². The Morgan fingerprint density at radius 3 is 1.81 bits per heavy atom. The topological polar surface area (TPSA) is 40.5 Å². The van der Waals surface area contributed by atoms with Crippen LogP contribution in [0.4, 0.5) is 0 Å². The summed E-state index contributed by atoms with van der Waals surface area (Å²) in [6.45, 7) is 9.15. The fraction of sp³-hybridized carbons (Fsp3) is 0.435. The summed E-state index contributed by atoms with van der Waals surface area (Å²) >= 11 is 0. The van der Waals surface area contributed by atoms with Gasteiger partial charge in [-0.1, -0.05) is 81.4 Å². The van der Waals surface area contributed by atoms with Crippen LogP contribution in [-0.4, -0.2) is 35.6 Å². The molecule has 0 heterocycles. The van der Waals surface area contributed by atoms with Gasteiger partial charge in [0.25, 0.3) is 0 Å². The third-order valence-electron chi connectivity index (χ3n) is 5.51. The second kappa shape index (κ2) is 9.54. The fourth-order valence-corrected chi connectivity index (χ4v) is 3.70. The van der Waals surface area contributed by atoms with E-state index >= 15 is 0 Å². The van der Waals surface area contributed by atoms with Crippen molar-refractivity contribution in [2.24, 2.45) is 5.92 Å². The molecule has 0 aliphatic heterocycles. The first-order valence-electron chi connectivity index (χ1n) is 9.57. The molecule has 26 heavy (non-hydrogen) atoms. The van der Waals surface area contributed by atoms with Crippen molar-refractivity contribution in [1.29, 1.82) is 0 Å². The average Bonchev–Trinajstić information content (AvgIpc) is 2.68. The summed E-state index contributed by atoms with van der Waals surface area (Å²) in [5.74, 6) is -1.07. The van der Waals surface area contributed by atoms with Gasteiger partial charge in [-0.3, -0.25) is 4.79 Å². The Kier molecular flexibility index (Phi) is 7.40. The van der Waals surface area contributed by atoms with Crippen LogP contribution in [0.2, 0.25) is 0 Å². The Morgan fingerprint density at radius 2 is 1.42 bits per heavy atom. The molecule has 0 aliphatic rings. The van der Waals surface area contributed by atoms with Gasteiger partial charge in [0.05, 0.1) is 5.92 Å². The molecule has 2 aromatic rings. The van der Waals surface area contributed by atoms with Gasteiger partial charge in [-0.15, -0.1) is 0 Å². The Morgan fingerprint density at radius 1 is 0.962 bits per heavy atom. The van der Waals surface area contributed by atoms with E-state index in [1.54, 1.807) is 0 Å². The highest BCUT2D eigenvalue weighted by molar-refractivity contribution is 5.70. The number of carbonyl (C=O) groups is 1. The normalized spacial score (nSPS) is 12.9. The van der Waals surface area contributed by atoms with Crippen molar-refractivity contribution in [1.82, 2.24) is 4.90 Å². The molecule has 0 bridgehead atoms. The van der Waals surface area contributed by atoms with E-state index in [1.165, 1.54) is 11.1 Å². The second-order valence-corrected chi connectivity index (χ2v) is 7.12. The molecule has 1 atom stereocenters. The zero-order valence-corrected chi connectivity index (χ0v) is 16.2. The van der Waals surface area contributed by atoms with E-state index in [2.05, 4.69) is 49.9 Å². The van der Waals surface area contributed by atoms with Crippen molar-refractivity contribution in [2.45, 2.75) is 39.0 Å². The SMILES string of the molecule is CCN(CC)CCC(CC(C)(c1ccccc1)c1ccccc1)C(=O)O. The lowest BCUT2D eigenvalue weighted by atomic mass is 9.70. The van der Waals surface area contributed by atoms with E-state index in [0.29, 0.717) is 12.8 Å². The van der Waals surface area contributed by atoms with E-state index in [1.807, 2.05) is 36.4 Å². The van der Waals surface area contributed by atoms with Crippen molar-refractivity contribution in [3.05, 3.63) is 71.8 Å². The Labute approximate surface area is 157 Å². The van der Waals surface area contributed by atoms with Crippen molar-refractivity contribution in [3.8, 4) is 0 Å². The smallest absolute Gasteiger partial charge is 0.306 e. The van der Waals surface area contributed by atoms with Crippen LogP contribution in [0, 0.1) is 5.92 Å². The maximum atomic E-state index is 12.0. The van der Waals surface area contributed by atoms with Gasteiger partial charge in [-0.05, 0) is 43.6 Å². The zero-order chi connectivity index (χ0) is 19.0. The van der Waals surface area contributed by atoms with E-state index in [4.69, 9.17) is 0 Å². The van der Waals surface area contributed by atoms with Crippen LogP contribution in [0.15, 0.2) is 60.7 Å². The molecule has 0 saturated heterocycles. The predicted octanol–water partition coefficient (Wildman–Crippen LogP) is 4.82. The average molecular weight is 354 g/mol. The maximum absolute atomic E-state index is 12.0. The molecular weight excluding hydrogens is 322 g/mol. The summed E-state index contributed by atoms with van der Waals surface area (Å²) in [6.07, 6.45) is 1.27. The van der Waals surface area contributed by atoms with Gasteiger partial charge in [0.15, 0.2) is 0 Å². The molecule has 140 valence electrons. The number of carboxylic acid groups (broad SMARTS) is 1. The molecule has 0 fully saturated rings. The van der Waals surface area contributed by atoms with Crippen LogP contribution >= 0.6 is 0 Å². The van der Waals surface area contributed by atoms with Gasteiger partial charge >= 0.3 is 5.97 Å². The van der Waals surface area contributed by atoms with Crippen LogP contribution < -0.4 is 0 Å². The number of hydrogen-bond donors (Lipinski definition) is 1. The maximum Gasteiger partial charge on any atom is 0.306 e. The van der Waals surface area contributed by atoms with Crippen LogP contribution in [0.25, 0.3) is 0 Å². The monoisotopic (exact) mass is 353 g/mol. The van der Waals surface area contributed by atoms with E-state index in [-0.39, 0.29) is 11.3 Å². The Bertz CT molecular complexity index is 626. The molecular formula is C23H31NO2. The second-order valence-electron chi connectivity index (χ2n) is 7.12. The number of benzene rings is 2. The predicted molar refractivity (Wildman–Crippen MR) is 107 cm³/mol. The lowest BCUT2D eigenvalue weighted by Crippen LogP contribution is -2.33. The summed E-state index contributed by atoms with van der Waals surface area (Å²) < 4.78 is 0. The molecule has 2 rings (SSSR count). The van der Waals surface area contributed by atoms with Gasteiger partial charge in [-0.25, -0.2) is 0 Å². The molecule has 0 spiro atoms. The highest BCUT2D eigenvalue weighted by atomic mass is 16.4. The highest BCUT2D eigenvalue weighted by Gasteiger charge is 2.34. The van der Waals surface area contributed by atoms with Crippen LogP contribution in [0.1, 0.15) is 44.7 Å². The highest BCUT2D eigenvalue weighted by Crippen LogP contribution is 2.38. The number of nitrogens with zero attached hydrogens (tertiary/aromatic N) is 1. The lowest BCUT2D eigenvalue weighted by molar-refractivity contribution is -0.142. The standard InChI is InChI=1S/C23H31NO2/c1-4-24(5-2)17-16-19(22(25)26)18-23(3,20-12-8-6-9-13-20)21-14-10-7-11-15-21/h6-15,19H,4-5,16-18H2,1-3H3,(H,25,26). The molecule has 0 aromatic heterocycles. The third kappa shape index (κ3) is 4.95. The molecule has 1 N–H and O–H groups in total. The largest absolute Gasteiger partial charge is 0.481 e. The number of carboxylic acids is 1. The van der Waals surface area contributed by atoms with Crippen molar-refractivity contribution in [3.63, 3.8) is 0 Å². The number of rotatable bonds is 10. The molecule has 1 unspecified atom stereocenters.